The molecule has 1 heterocycles. The lowest BCUT2D eigenvalue weighted by atomic mass is 10.1. The number of rotatable bonds is 3. The van der Waals surface area contributed by atoms with Crippen molar-refractivity contribution in [3.05, 3.63) is 28.3 Å². The summed E-state index contributed by atoms with van der Waals surface area (Å²) in [5.41, 5.74) is 1.45. The van der Waals surface area contributed by atoms with Gasteiger partial charge in [-0.3, -0.25) is 0 Å². The molecular formula is C14H19Cl2NO2S2. The molecule has 1 fully saturated rings. The van der Waals surface area contributed by atoms with Crippen molar-refractivity contribution in [1.82, 2.24) is 4.31 Å². The third-order valence-electron chi connectivity index (χ3n) is 3.99. The van der Waals surface area contributed by atoms with Crippen molar-refractivity contribution in [2.75, 3.05) is 12.3 Å². The molecule has 0 radical (unpaired) electrons. The molecule has 0 aromatic heterocycles. The van der Waals surface area contributed by atoms with Crippen molar-refractivity contribution in [3.63, 3.8) is 0 Å². The highest BCUT2D eigenvalue weighted by Crippen LogP contribution is 2.33. The Balaban J connectivity index is 2.51. The predicted molar refractivity (Wildman–Crippen MR) is 91.0 cm³/mol. The molecule has 1 aromatic rings. The molecule has 0 saturated carbocycles. The van der Waals surface area contributed by atoms with E-state index in [1.807, 2.05) is 6.92 Å². The second-order valence-electron chi connectivity index (χ2n) is 5.25. The first-order valence-corrected chi connectivity index (χ1v) is 10.2. The average molecular weight is 368 g/mol. The topological polar surface area (TPSA) is 37.4 Å². The molecule has 2 unspecified atom stereocenters. The maximum atomic E-state index is 13.0. The summed E-state index contributed by atoms with van der Waals surface area (Å²) in [6.07, 6.45) is 0. The Morgan fingerprint density at radius 2 is 2.05 bits per heavy atom. The van der Waals surface area contributed by atoms with Crippen LogP contribution in [0.25, 0.3) is 0 Å². The summed E-state index contributed by atoms with van der Waals surface area (Å²) >= 11 is 13.8. The van der Waals surface area contributed by atoms with E-state index >= 15 is 0 Å². The number of benzene rings is 1. The summed E-state index contributed by atoms with van der Waals surface area (Å²) in [5, 5.41) is 0.683. The number of nitrogens with zero attached hydrogens (tertiary/aromatic N) is 1. The van der Waals surface area contributed by atoms with Gasteiger partial charge in [-0.2, -0.15) is 16.1 Å². The Kier molecular flexibility index (Phi) is 5.53. The lowest BCUT2D eigenvalue weighted by molar-refractivity contribution is 0.340. The lowest BCUT2D eigenvalue weighted by Crippen LogP contribution is -2.48. The summed E-state index contributed by atoms with van der Waals surface area (Å²) in [6, 6.07) is 3.22. The third kappa shape index (κ3) is 3.37. The van der Waals surface area contributed by atoms with Gasteiger partial charge in [-0.15, -0.1) is 11.6 Å². The summed E-state index contributed by atoms with van der Waals surface area (Å²) < 4.78 is 27.6. The Bertz CT molecular complexity index is 634. The van der Waals surface area contributed by atoms with Crippen LogP contribution in [0.3, 0.4) is 0 Å². The van der Waals surface area contributed by atoms with Crippen LogP contribution in [0.4, 0.5) is 0 Å². The third-order valence-corrected chi connectivity index (χ3v) is 7.95. The molecule has 21 heavy (non-hydrogen) atoms. The first kappa shape index (κ1) is 17.4. The second kappa shape index (κ2) is 6.67. The number of thioether (sulfide) groups is 1. The summed E-state index contributed by atoms with van der Waals surface area (Å²) in [7, 11) is -3.55. The fourth-order valence-electron chi connectivity index (χ4n) is 2.49. The van der Waals surface area contributed by atoms with Crippen molar-refractivity contribution < 1.29 is 8.42 Å². The van der Waals surface area contributed by atoms with E-state index in [9.17, 15) is 8.42 Å². The molecule has 0 N–H and O–H groups in total. The molecule has 1 saturated heterocycles. The molecule has 2 atom stereocenters. The van der Waals surface area contributed by atoms with Gasteiger partial charge in [0.25, 0.3) is 0 Å². The highest BCUT2D eigenvalue weighted by Gasteiger charge is 2.36. The molecular weight excluding hydrogens is 349 g/mol. The zero-order valence-corrected chi connectivity index (χ0v) is 15.4. The summed E-state index contributed by atoms with van der Waals surface area (Å²) in [4.78, 5) is 0.275. The highest BCUT2D eigenvalue weighted by molar-refractivity contribution is 8.00. The summed E-state index contributed by atoms with van der Waals surface area (Å²) in [5.74, 6) is 1.06. The van der Waals surface area contributed by atoms with Crippen LogP contribution in [-0.4, -0.2) is 36.3 Å². The van der Waals surface area contributed by atoms with Gasteiger partial charge in [0.1, 0.15) is 0 Å². The predicted octanol–water partition coefficient (Wildman–Crippen LogP) is 3.90. The zero-order valence-electron chi connectivity index (χ0n) is 12.3. The van der Waals surface area contributed by atoms with E-state index in [0.717, 1.165) is 11.3 Å². The largest absolute Gasteiger partial charge is 0.243 e. The van der Waals surface area contributed by atoms with E-state index in [2.05, 4.69) is 6.92 Å². The van der Waals surface area contributed by atoms with Crippen LogP contribution in [0.15, 0.2) is 17.0 Å². The SMILES string of the molecule is Cc1c(CCl)cc(Cl)cc1S(=O)(=O)N1CCSC(C)C1C. The fraction of sp³-hybridized carbons (Fsp3) is 0.571. The smallest absolute Gasteiger partial charge is 0.207 e. The van der Waals surface area contributed by atoms with E-state index in [1.54, 1.807) is 29.1 Å². The molecule has 2 rings (SSSR count). The summed E-state index contributed by atoms with van der Waals surface area (Å²) in [6.45, 7) is 6.33. The number of sulfonamides is 1. The Hall–Kier alpha value is 0.0600. The van der Waals surface area contributed by atoms with Crippen molar-refractivity contribution in [2.45, 2.75) is 42.8 Å². The molecule has 1 aliphatic rings. The minimum Gasteiger partial charge on any atom is -0.207 e. The van der Waals surface area contributed by atoms with Crippen molar-refractivity contribution >= 4 is 45.0 Å². The van der Waals surface area contributed by atoms with E-state index in [4.69, 9.17) is 23.2 Å². The minimum absolute atomic E-state index is 0.0356. The second-order valence-corrected chi connectivity index (χ2v) is 9.30. The van der Waals surface area contributed by atoms with E-state index in [1.165, 1.54) is 6.07 Å². The van der Waals surface area contributed by atoms with Crippen molar-refractivity contribution in [2.24, 2.45) is 0 Å². The van der Waals surface area contributed by atoms with Gasteiger partial charge in [-0.25, -0.2) is 8.42 Å². The normalized spacial score (nSPS) is 24.2. The van der Waals surface area contributed by atoms with E-state index in [0.29, 0.717) is 17.1 Å². The van der Waals surface area contributed by atoms with Crippen molar-refractivity contribution in [3.8, 4) is 0 Å². The molecule has 118 valence electrons. The zero-order chi connectivity index (χ0) is 15.8. The monoisotopic (exact) mass is 367 g/mol. The molecule has 0 bridgehead atoms. The van der Waals surface area contributed by atoms with Crippen LogP contribution >= 0.6 is 35.0 Å². The van der Waals surface area contributed by atoms with Gasteiger partial charge in [0.15, 0.2) is 0 Å². The lowest BCUT2D eigenvalue weighted by Gasteiger charge is -2.36. The first-order valence-electron chi connectivity index (χ1n) is 6.77. The van der Waals surface area contributed by atoms with Gasteiger partial charge in [-0.05, 0) is 37.1 Å². The van der Waals surface area contributed by atoms with Gasteiger partial charge in [0, 0.05) is 34.5 Å². The van der Waals surface area contributed by atoms with Crippen LogP contribution in [0, 0.1) is 6.92 Å². The van der Waals surface area contributed by atoms with Gasteiger partial charge in [0.2, 0.25) is 10.0 Å². The molecule has 0 amide bonds. The van der Waals surface area contributed by atoms with Gasteiger partial charge >= 0.3 is 0 Å². The molecule has 1 aromatic carbocycles. The van der Waals surface area contributed by atoms with E-state index in [-0.39, 0.29) is 22.1 Å². The Morgan fingerprint density at radius 1 is 1.38 bits per heavy atom. The highest BCUT2D eigenvalue weighted by atomic mass is 35.5. The molecule has 7 heteroatoms. The van der Waals surface area contributed by atoms with Crippen molar-refractivity contribution in [1.29, 1.82) is 0 Å². The maximum absolute atomic E-state index is 13.0. The average Bonchev–Trinajstić information content (AvgIpc) is 2.43. The van der Waals surface area contributed by atoms with Crippen LogP contribution in [0.2, 0.25) is 5.02 Å². The van der Waals surface area contributed by atoms with E-state index < -0.39 is 10.0 Å². The molecule has 1 aliphatic heterocycles. The van der Waals surface area contributed by atoms with Crippen LogP contribution in [0.1, 0.15) is 25.0 Å². The van der Waals surface area contributed by atoms with Crippen LogP contribution in [0.5, 0.6) is 0 Å². The Morgan fingerprint density at radius 3 is 2.67 bits per heavy atom. The first-order chi connectivity index (χ1) is 9.78. The Labute approximate surface area is 141 Å². The number of hydrogen-bond acceptors (Lipinski definition) is 3. The quantitative estimate of drug-likeness (QED) is 0.760. The van der Waals surface area contributed by atoms with Gasteiger partial charge in [-0.1, -0.05) is 18.5 Å². The van der Waals surface area contributed by atoms with Crippen LogP contribution < -0.4 is 0 Å². The molecule has 0 aliphatic carbocycles. The molecule has 3 nitrogen and oxygen atoms in total. The fourth-order valence-corrected chi connectivity index (χ4v) is 6.36. The number of halogens is 2. The maximum Gasteiger partial charge on any atom is 0.243 e. The number of hydrogen-bond donors (Lipinski definition) is 0. The van der Waals surface area contributed by atoms with Crippen LogP contribution in [-0.2, 0) is 15.9 Å². The standard InChI is InChI=1S/C14H19Cl2NO2S2/c1-9-12(8-15)6-13(16)7-14(9)21(18,19)17-4-5-20-11(3)10(17)2/h6-7,10-11H,4-5,8H2,1-3H3. The minimum atomic E-state index is -3.55. The molecule has 0 spiro atoms. The number of alkyl halides is 1. The van der Waals surface area contributed by atoms with Gasteiger partial charge in [0.05, 0.1) is 4.90 Å². The van der Waals surface area contributed by atoms with Gasteiger partial charge < -0.3 is 0 Å².